The number of nitriles is 2. The van der Waals surface area contributed by atoms with Gasteiger partial charge in [0.2, 0.25) is 0 Å². The van der Waals surface area contributed by atoms with Crippen molar-refractivity contribution >= 4 is 22.6 Å². The van der Waals surface area contributed by atoms with Crippen LogP contribution in [0.2, 0.25) is 0 Å². The Morgan fingerprint density at radius 2 is 1.73 bits per heavy atom. The van der Waals surface area contributed by atoms with Crippen LogP contribution in [0.4, 0.5) is 0 Å². The van der Waals surface area contributed by atoms with Crippen molar-refractivity contribution in [1.29, 1.82) is 10.5 Å². The predicted molar refractivity (Wildman–Crippen MR) is 218 cm³/mol. The number of hydrogen-bond acceptors (Lipinski definition) is 3. The van der Waals surface area contributed by atoms with Gasteiger partial charge < -0.3 is 9.47 Å². The SMILES string of the molecule is C#C/C(=C\C(=C/C)N1C(=C)/C=C\C=C/C/C(C=C)=C1/C=C\C)C(=C)/C(=C(C#N)\C=C(/C)C#N)c1ccccc1-n1c2c(c3ccccc31)C=CCC2. The number of hydrogen-bond donors (Lipinski definition) is 0. The summed E-state index contributed by atoms with van der Waals surface area (Å²) in [6.07, 6.45) is 32.6. The lowest BCUT2D eigenvalue weighted by molar-refractivity contribution is 0.572. The van der Waals surface area contributed by atoms with Gasteiger partial charge in [-0.25, -0.2) is 0 Å². The number of nitrogens with zero attached hydrogens (tertiary/aromatic N) is 4. The molecule has 5 rings (SSSR count). The molecule has 2 aliphatic rings. The van der Waals surface area contributed by atoms with E-state index in [4.69, 9.17) is 6.42 Å². The van der Waals surface area contributed by atoms with Crippen LogP contribution in [0.25, 0.3) is 28.2 Å². The fraction of sp³-hybridized carbons (Fsp3) is 0.125. The van der Waals surface area contributed by atoms with Crippen LogP contribution in [0.3, 0.4) is 0 Å². The van der Waals surface area contributed by atoms with Gasteiger partial charge in [-0.05, 0) is 87.6 Å². The summed E-state index contributed by atoms with van der Waals surface area (Å²) in [6.45, 7) is 18.7. The molecule has 4 nitrogen and oxygen atoms in total. The molecule has 0 N–H and O–H groups in total. The Morgan fingerprint density at radius 1 is 0.962 bits per heavy atom. The Hall–Kier alpha value is -6.80. The summed E-state index contributed by atoms with van der Waals surface area (Å²) in [5.41, 5.74) is 10.7. The van der Waals surface area contributed by atoms with E-state index >= 15 is 0 Å². The van der Waals surface area contributed by atoms with Crippen LogP contribution in [0.15, 0.2) is 180 Å². The molecule has 0 saturated heterocycles. The van der Waals surface area contributed by atoms with E-state index in [1.807, 2.05) is 86.7 Å². The molecule has 1 aliphatic heterocycles. The first-order valence-corrected chi connectivity index (χ1v) is 17.3. The third kappa shape index (κ3) is 7.22. The molecule has 4 heteroatoms. The summed E-state index contributed by atoms with van der Waals surface area (Å²) in [7, 11) is 0. The lowest BCUT2D eigenvalue weighted by atomic mass is 9.87. The zero-order valence-electron chi connectivity index (χ0n) is 30.2. The highest BCUT2D eigenvalue weighted by atomic mass is 15.2. The number of allylic oxidation sites excluding steroid dienone is 17. The third-order valence-corrected chi connectivity index (χ3v) is 9.12. The first kappa shape index (κ1) is 36.5. The van der Waals surface area contributed by atoms with Gasteiger partial charge in [-0.3, -0.25) is 0 Å². The summed E-state index contributed by atoms with van der Waals surface area (Å²) in [5, 5.41) is 21.7. The zero-order chi connectivity index (χ0) is 37.2. The second-order valence-corrected chi connectivity index (χ2v) is 12.3. The molecule has 0 bridgehead atoms. The van der Waals surface area contributed by atoms with Crippen molar-refractivity contribution < 1.29 is 0 Å². The van der Waals surface area contributed by atoms with E-state index in [1.54, 1.807) is 13.0 Å². The van der Waals surface area contributed by atoms with Crippen molar-refractivity contribution in [2.75, 3.05) is 0 Å². The Labute approximate surface area is 308 Å². The van der Waals surface area contributed by atoms with E-state index in [1.165, 1.54) is 11.3 Å². The Kier molecular flexibility index (Phi) is 11.7. The summed E-state index contributed by atoms with van der Waals surface area (Å²) in [4.78, 5) is 2.05. The lowest BCUT2D eigenvalue weighted by Gasteiger charge is -2.29. The van der Waals surface area contributed by atoms with Crippen LogP contribution in [0, 0.1) is 35.0 Å². The zero-order valence-corrected chi connectivity index (χ0v) is 30.2. The van der Waals surface area contributed by atoms with Crippen LogP contribution < -0.4 is 0 Å². The van der Waals surface area contributed by atoms with Gasteiger partial charge in [-0.15, -0.1) is 6.42 Å². The maximum atomic E-state index is 10.7. The lowest BCUT2D eigenvalue weighted by Crippen LogP contribution is -2.20. The van der Waals surface area contributed by atoms with Gasteiger partial charge in [-0.2, -0.15) is 10.5 Å². The van der Waals surface area contributed by atoms with Gasteiger partial charge in [-0.1, -0.05) is 111 Å². The number of aromatic nitrogens is 1. The second-order valence-electron chi connectivity index (χ2n) is 12.3. The number of fused-ring (bicyclic) bond motifs is 3. The smallest absolute Gasteiger partial charge is 0.0998 e. The van der Waals surface area contributed by atoms with E-state index < -0.39 is 0 Å². The summed E-state index contributed by atoms with van der Waals surface area (Å²) < 4.78 is 2.29. The molecule has 0 radical (unpaired) electrons. The number of benzene rings is 2. The molecule has 0 fully saturated rings. The van der Waals surface area contributed by atoms with Crippen LogP contribution in [-0.4, -0.2) is 9.47 Å². The van der Waals surface area contributed by atoms with Crippen LogP contribution in [0.5, 0.6) is 0 Å². The molecular weight excluding hydrogens is 633 g/mol. The summed E-state index contributed by atoms with van der Waals surface area (Å²) in [6, 6.07) is 21.0. The molecular formula is C48H42N4. The first-order valence-electron chi connectivity index (χ1n) is 17.3. The molecule has 0 saturated carbocycles. The molecule has 0 unspecified atom stereocenters. The van der Waals surface area contributed by atoms with Gasteiger partial charge in [0.1, 0.15) is 0 Å². The van der Waals surface area contributed by atoms with Crippen LogP contribution >= 0.6 is 0 Å². The molecule has 3 aromatic rings. The Bertz CT molecular complexity index is 2380. The Morgan fingerprint density at radius 3 is 2.44 bits per heavy atom. The second kappa shape index (κ2) is 16.7. The topological polar surface area (TPSA) is 55.8 Å². The quantitative estimate of drug-likeness (QED) is 0.129. The minimum absolute atomic E-state index is 0.287. The summed E-state index contributed by atoms with van der Waals surface area (Å²) >= 11 is 0. The largest absolute Gasteiger partial charge is 0.312 e. The van der Waals surface area contributed by atoms with Crippen LogP contribution in [-0.2, 0) is 6.42 Å². The highest BCUT2D eigenvalue weighted by Gasteiger charge is 2.25. The van der Waals surface area contributed by atoms with Gasteiger partial charge in [0, 0.05) is 56.0 Å². The minimum atomic E-state index is 0.287. The van der Waals surface area contributed by atoms with Gasteiger partial charge in [0.05, 0.1) is 28.9 Å². The van der Waals surface area contributed by atoms with Crippen molar-refractivity contribution in [3.8, 4) is 30.2 Å². The van der Waals surface area contributed by atoms with E-state index in [2.05, 4.69) is 89.8 Å². The molecule has 0 amide bonds. The van der Waals surface area contributed by atoms with E-state index in [0.717, 1.165) is 57.7 Å². The molecule has 2 aromatic carbocycles. The molecule has 52 heavy (non-hydrogen) atoms. The molecule has 1 aromatic heterocycles. The number of rotatable bonds is 9. The fourth-order valence-electron chi connectivity index (χ4n) is 6.73. The standard InChI is InChI=1S/C48H42N4/c1-8-21-44-37(9-2)23-14-12-13-22-35(6)51(44)40(11-4)31-38(10-3)36(7)48(39(33-50)30-34(5)32-49)43-26-17-20-29-47(43)52-45-27-18-15-24-41(45)42-25-16-19-28-46(42)52/h3,8-9,11-18,20-22,24-27,29-31H,2,6-7,19,23,28H2,1,4-5H3/b14-12-,21-8-,22-13-,34-30+,38-31+,40-11+,44-37-,48-39-. The van der Waals surface area contributed by atoms with Crippen molar-refractivity contribution in [3.63, 3.8) is 0 Å². The van der Waals surface area contributed by atoms with Crippen molar-refractivity contribution in [1.82, 2.24) is 9.47 Å². The monoisotopic (exact) mass is 674 g/mol. The Balaban J connectivity index is 1.79. The maximum absolute atomic E-state index is 10.7. The maximum Gasteiger partial charge on any atom is 0.0998 e. The highest BCUT2D eigenvalue weighted by molar-refractivity contribution is 5.97. The molecule has 0 spiro atoms. The van der Waals surface area contributed by atoms with Crippen molar-refractivity contribution in [2.24, 2.45) is 0 Å². The van der Waals surface area contributed by atoms with Gasteiger partial charge >= 0.3 is 0 Å². The normalized spacial score (nSPS) is 18.3. The van der Waals surface area contributed by atoms with Crippen LogP contribution in [0.1, 0.15) is 50.4 Å². The van der Waals surface area contributed by atoms with E-state index in [0.29, 0.717) is 28.7 Å². The highest BCUT2D eigenvalue weighted by Crippen LogP contribution is 2.40. The van der Waals surface area contributed by atoms with Gasteiger partial charge in [0.25, 0.3) is 0 Å². The summed E-state index contributed by atoms with van der Waals surface area (Å²) in [5.74, 6) is 2.90. The van der Waals surface area contributed by atoms with Crippen molar-refractivity contribution in [2.45, 2.75) is 40.0 Å². The van der Waals surface area contributed by atoms with Gasteiger partial charge in [0.15, 0.2) is 0 Å². The molecule has 2 heterocycles. The number of para-hydroxylation sites is 2. The minimum Gasteiger partial charge on any atom is -0.312 e. The first-order chi connectivity index (χ1) is 25.3. The third-order valence-electron chi connectivity index (χ3n) is 9.12. The van der Waals surface area contributed by atoms with E-state index in [9.17, 15) is 10.5 Å². The molecule has 0 atom stereocenters. The van der Waals surface area contributed by atoms with Crippen molar-refractivity contribution in [3.05, 3.63) is 197 Å². The fourth-order valence-corrected chi connectivity index (χ4v) is 6.73. The average molecular weight is 675 g/mol. The van der Waals surface area contributed by atoms with E-state index in [-0.39, 0.29) is 5.57 Å². The number of terminal acetylenes is 1. The molecule has 254 valence electrons. The predicted octanol–water partition coefficient (Wildman–Crippen LogP) is 11.7. The molecule has 1 aliphatic carbocycles. The average Bonchev–Trinajstić information content (AvgIpc) is 3.53.